The molecule has 0 aliphatic heterocycles. The Kier molecular flexibility index (Phi) is 4.95. The predicted molar refractivity (Wildman–Crippen MR) is 86.0 cm³/mol. The summed E-state index contributed by atoms with van der Waals surface area (Å²) in [6, 6.07) is 9.68. The van der Waals surface area contributed by atoms with Crippen molar-refractivity contribution in [3.63, 3.8) is 0 Å². The zero-order valence-electron chi connectivity index (χ0n) is 11.7. The van der Waals surface area contributed by atoms with Gasteiger partial charge in [0.15, 0.2) is 0 Å². The van der Waals surface area contributed by atoms with Crippen LogP contribution in [0.25, 0.3) is 0 Å². The smallest absolute Gasteiger partial charge is 0.125 e. The van der Waals surface area contributed by atoms with Gasteiger partial charge < -0.3 is 9.47 Å². The van der Waals surface area contributed by atoms with Gasteiger partial charge >= 0.3 is 0 Å². The summed E-state index contributed by atoms with van der Waals surface area (Å²) in [6.45, 7) is 4.44. The van der Waals surface area contributed by atoms with Gasteiger partial charge in [0.05, 0.1) is 7.11 Å². The Morgan fingerprint density at radius 3 is 2.35 bits per heavy atom. The second-order valence-electron chi connectivity index (χ2n) is 4.61. The highest BCUT2D eigenvalue weighted by Gasteiger charge is 2.09. The van der Waals surface area contributed by atoms with E-state index in [1.165, 1.54) is 0 Å². The van der Waals surface area contributed by atoms with Crippen molar-refractivity contribution < 1.29 is 9.47 Å². The zero-order chi connectivity index (χ0) is 14.7. The first kappa shape index (κ1) is 15.2. The fourth-order valence-corrected chi connectivity index (χ4v) is 2.87. The molecular weight excluding hydrogens is 340 g/mol. The lowest BCUT2D eigenvalue weighted by atomic mass is 10.1. The molecule has 0 spiro atoms. The number of ether oxygens (including phenoxy) is 2. The minimum absolute atomic E-state index is 0.450. The minimum atomic E-state index is 0.450. The van der Waals surface area contributed by atoms with Crippen molar-refractivity contribution in [3.8, 4) is 11.5 Å². The lowest BCUT2D eigenvalue weighted by Gasteiger charge is -2.14. The maximum Gasteiger partial charge on any atom is 0.125 e. The van der Waals surface area contributed by atoms with Gasteiger partial charge in [0.2, 0.25) is 0 Å². The van der Waals surface area contributed by atoms with Crippen molar-refractivity contribution in [2.24, 2.45) is 0 Å². The molecule has 2 aromatic rings. The third-order valence-electron chi connectivity index (χ3n) is 3.04. The topological polar surface area (TPSA) is 18.5 Å². The molecule has 0 radical (unpaired) electrons. The fraction of sp³-hybridized carbons (Fsp3) is 0.250. The van der Waals surface area contributed by atoms with Crippen molar-refractivity contribution in [2.75, 3.05) is 7.11 Å². The Morgan fingerprint density at radius 2 is 1.75 bits per heavy atom. The SMILES string of the molecule is COc1ccc(Br)cc1COc1c(C)cc(Cl)cc1C. The number of hydrogen-bond donors (Lipinski definition) is 0. The molecule has 0 saturated heterocycles. The lowest BCUT2D eigenvalue weighted by Crippen LogP contribution is -2.01. The molecule has 0 atom stereocenters. The lowest BCUT2D eigenvalue weighted by molar-refractivity contribution is 0.293. The molecule has 4 heteroatoms. The first-order valence-corrected chi connectivity index (χ1v) is 7.40. The first-order valence-electron chi connectivity index (χ1n) is 6.23. The maximum atomic E-state index is 6.03. The second-order valence-corrected chi connectivity index (χ2v) is 5.97. The number of benzene rings is 2. The van der Waals surface area contributed by atoms with Crippen LogP contribution in [-0.2, 0) is 6.61 Å². The van der Waals surface area contributed by atoms with Crippen molar-refractivity contribution >= 4 is 27.5 Å². The summed E-state index contributed by atoms with van der Waals surface area (Å²) in [4.78, 5) is 0. The summed E-state index contributed by atoms with van der Waals surface area (Å²) >= 11 is 9.49. The number of hydrogen-bond acceptors (Lipinski definition) is 2. The van der Waals surface area contributed by atoms with Crippen LogP contribution >= 0.6 is 27.5 Å². The standard InChI is InChI=1S/C16H16BrClO2/c1-10-6-14(18)7-11(2)16(10)20-9-12-8-13(17)4-5-15(12)19-3/h4-8H,9H2,1-3H3. The van der Waals surface area contributed by atoms with Crippen LogP contribution in [0.2, 0.25) is 5.02 Å². The van der Waals surface area contributed by atoms with Crippen LogP contribution in [0.5, 0.6) is 11.5 Å². The molecule has 0 saturated carbocycles. The molecule has 0 aliphatic rings. The molecule has 0 unspecified atom stereocenters. The second kappa shape index (κ2) is 6.51. The third kappa shape index (κ3) is 3.47. The molecule has 2 aromatic carbocycles. The fourth-order valence-electron chi connectivity index (χ4n) is 2.13. The summed E-state index contributed by atoms with van der Waals surface area (Å²) in [7, 11) is 1.66. The predicted octanol–water partition coefficient (Wildman–Crippen LogP) is 5.31. The quantitative estimate of drug-likeness (QED) is 0.740. The van der Waals surface area contributed by atoms with E-state index in [0.717, 1.165) is 37.7 Å². The van der Waals surface area contributed by atoms with Crippen LogP contribution in [0.4, 0.5) is 0 Å². The number of rotatable bonds is 4. The van der Waals surface area contributed by atoms with E-state index in [-0.39, 0.29) is 0 Å². The van der Waals surface area contributed by atoms with Crippen LogP contribution in [0, 0.1) is 13.8 Å². The molecule has 0 amide bonds. The van der Waals surface area contributed by atoms with Crippen molar-refractivity contribution in [1.29, 1.82) is 0 Å². The van der Waals surface area contributed by atoms with Gasteiger partial charge in [-0.2, -0.15) is 0 Å². The third-order valence-corrected chi connectivity index (χ3v) is 3.75. The van der Waals surface area contributed by atoms with Crippen molar-refractivity contribution in [3.05, 3.63) is 56.5 Å². The molecular formula is C16H16BrClO2. The minimum Gasteiger partial charge on any atom is -0.496 e. The van der Waals surface area contributed by atoms with Gasteiger partial charge in [-0.05, 0) is 55.3 Å². The molecule has 0 bridgehead atoms. The van der Waals surface area contributed by atoms with Crippen LogP contribution in [-0.4, -0.2) is 7.11 Å². The summed E-state index contributed by atoms with van der Waals surface area (Å²) in [5.74, 6) is 1.69. The summed E-state index contributed by atoms with van der Waals surface area (Å²) in [5, 5.41) is 0.729. The molecule has 0 heterocycles. The molecule has 0 fully saturated rings. The molecule has 0 N–H and O–H groups in total. The van der Waals surface area contributed by atoms with E-state index in [2.05, 4.69) is 15.9 Å². The molecule has 106 valence electrons. The molecule has 2 rings (SSSR count). The molecule has 0 aliphatic carbocycles. The Hall–Kier alpha value is -1.19. The van der Waals surface area contributed by atoms with Gasteiger partial charge in [-0.15, -0.1) is 0 Å². The molecule has 20 heavy (non-hydrogen) atoms. The monoisotopic (exact) mass is 354 g/mol. The van der Waals surface area contributed by atoms with Crippen LogP contribution < -0.4 is 9.47 Å². The van der Waals surface area contributed by atoms with E-state index in [4.69, 9.17) is 21.1 Å². The van der Waals surface area contributed by atoms with Crippen molar-refractivity contribution in [1.82, 2.24) is 0 Å². The Balaban J connectivity index is 2.23. The number of methoxy groups -OCH3 is 1. The van der Waals surface area contributed by atoms with Gasteiger partial charge in [-0.1, -0.05) is 27.5 Å². The summed E-state index contributed by atoms with van der Waals surface area (Å²) < 4.78 is 12.3. The highest BCUT2D eigenvalue weighted by Crippen LogP contribution is 2.29. The Labute approximate surface area is 132 Å². The van der Waals surface area contributed by atoms with E-state index in [9.17, 15) is 0 Å². The highest BCUT2D eigenvalue weighted by molar-refractivity contribution is 9.10. The van der Waals surface area contributed by atoms with Crippen LogP contribution in [0.15, 0.2) is 34.8 Å². The van der Waals surface area contributed by atoms with Gasteiger partial charge in [0.25, 0.3) is 0 Å². The average Bonchev–Trinajstić information content (AvgIpc) is 2.37. The normalized spacial score (nSPS) is 10.4. The van der Waals surface area contributed by atoms with E-state index in [1.807, 2.05) is 44.2 Å². The van der Waals surface area contributed by atoms with Crippen LogP contribution in [0.1, 0.15) is 16.7 Å². The largest absolute Gasteiger partial charge is 0.496 e. The zero-order valence-corrected chi connectivity index (χ0v) is 14.0. The van der Waals surface area contributed by atoms with Gasteiger partial charge in [-0.3, -0.25) is 0 Å². The first-order chi connectivity index (χ1) is 9.51. The van der Waals surface area contributed by atoms with E-state index >= 15 is 0 Å². The number of halogens is 2. The Bertz CT molecular complexity index is 603. The Morgan fingerprint density at radius 1 is 1.10 bits per heavy atom. The van der Waals surface area contributed by atoms with Crippen LogP contribution in [0.3, 0.4) is 0 Å². The maximum absolute atomic E-state index is 6.03. The van der Waals surface area contributed by atoms with Crippen molar-refractivity contribution in [2.45, 2.75) is 20.5 Å². The highest BCUT2D eigenvalue weighted by atomic mass is 79.9. The van der Waals surface area contributed by atoms with E-state index in [0.29, 0.717) is 6.61 Å². The molecule has 2 nitrogen and oxygen atoms in total. The molecule has 0 aromatic heterocycles. The summed E-state index contributed by atoms with van der Waals surface area (Å²) in [6.07, 6.45) is 0. The average molecular weight is 356 g/mol. The van der Waals surface area contributed by atoms with Gasteiger partial charge in [0.1, 0.15) is 18.1 Å². The van der Waals surface area contributed by atoms with E-state index in [1.54, 1.807) is 7.11 Å². The van der Waals surface area contributed by atoms with E-state index < -0.39 is 0 Å². The van der Waals surface area contributed by atoms with Gasteiger partial charge in [-0.25, -0.2) is 0 Å². The summed E-state index contributed by atoms with van der Waals surface area (Å²) in [5.41, 5.74) is 3.06. The number of aryl methyl sites for hydroxylation is 2. The van der Waals surface area contributed by atoms with Gasteiger partial charge in [0, 0.05) is 15.1 Å².